The number of hydrogen-bond donors (Lipinski definition) is 0. The first-order valence-electron chi connectivity index (χ1n) is 5.09. The van der Waals surface area contributed by atoms with Crippen LogP contribution in [0.25, 0.3) is 0 Å². The Morgan fingerprint density at radius 1 is 1.00 bits per heavy atom. The molecule has 8 heteroatoms. The predicted octanol–water partition coefficient (Wildman–Crippen LogP) is 2.69. The molecule has 2 aromatic rings. The molecule has 19 heavy (non-hydrogen) atoms. The van der Waals surface area contributed by atoms with Crippen LogP contribution in [0.2, 0.25) is 0 Å². The molecule has 0 saturated carbocycles. The van der Waals surface area contributed by atoms with E-state index in [0.717, 1.165) is 12.1 Å². The van der Waals surface area contributed by atoms with Gasteiger partial charge in [-0.2, -0.15) is 0 Å². The van der Waals surface area contributed by atoms with Gasteiger partial charge in [-0.15, -0.1) is 0 Å². The lowest BCUT2D eigenvalue weighted by Gasteiger charge is -2.03. The second-order valence-electron chi connectivity index (χ2n) is 3.43. The van der Waals surface area contributed by atoms with Crippen molar-refractivity contribution < 1.29 is 14.6 Å². The Balaban J connectivity index is 2.36. The Morgan fingerprint density at radius 2 is 1.74 bits per heavy atom. The number of ether oxygens (including phenoxy) is 1. The maximum Gasteiger partial charge on any atom is 0.349 e. The molecule has 0 radical (unpaired) electrons. The zero-order valence-corrected chi connectivity index (χ0v) is 9.42. The highest BCUT2D eigenvalue weighted by atomic mass is 16.6. The Hall–Kier alpha value is -3.03. The van der Waals surface area contributed by atoms with Gasteiger partial charge in [0.15, 0.2) is 0 Å². The van der Waals surface area contributed by atoms with Crippen molar-refractivity contribution in [1.29, 1.82) is 0 Å². The van der Waals surface area contributed by atoms with E-state index in [2.05, 4.69) is 4.98 Å². The van der Waals surface area contributed by atoms with Crippen molar-refractivity contribution in [3.63, 3.8) is 0 Å². The number of rotatable bonds is 4. The monoisotopic (exact) mass is 261 g/mol. The van der Waals surface area contributed by atoms with E-state index in [4.69, 9.17) is 4.74 Å². The highest BCUT2D eigenvalue weighted by Crippen LogP contribution is 2.32. The van der Waals surface area contributed by atoms with Crippen molar-refractivity contribution in [2.45, 2.75) is 0 Å². The number of benzene rings is 1. The molecule has 0 unspecified atom stereocenters. The van der Waals surface area contributed by atoms with E-state index in [1.807, 2.05) is 0 Å². The van der Waals surface area contributed by atoms with Crippen molar-refractivity contribution in [3.05, 3.63) is 62.8 Å². The van der Waals surface area contributed by atoms with Crippen LogP contribution in [0, 0.1) is 20.2 Å². The summed E-state index contributed by atoms with van der Waals surface area (Å²) in [6, 6.07) is 8.23. The second kappa shape index (κ2) is 5.08. The quantitative estimate of drug-likeness (QED) is 0.618. The molecule has 0 aliphatic heterocycles. The summed E-state index contributed by atoms with van der Waals surface area (Å²) in [5, 5.41) is 21.4. The number of hydrogen-bond acceptors (Lipinski definition) is 6. The van der Waals surface area contributed by atoms with Gasteiger partial charge in [0, 0.05) is 18.3 Å². The zero-order valence-electron chi connectivity index (χ0n) is 9.42. The van der Waals surface area contributed by atoms with Gasteiger partial charge in [-0.25, -0.2) is 4.98 Å². The van der Waals surface area contributed by atoms with E-state index in [0.29, 0.717) is 0 Å². The Morgan fingerprint density at radius 3 is 2.32 bits per heavy atom. The van der Waals surface area contributed by atoms with Crippen molar-refractivity contribution in [2.24, 2.45) is 0 Å². The predicted molar refractivity (Wildman–Crippen MR) is 64.1 cm³/mol. The summed E-state index contributed by atoms with van der Waals surface area (Å²) in [6.45, 7) is 0. The third-order valence-corrected chi connectivity index (χ3v) is 2.20. The van der Waals surface area contributed by atoms with Gasteiger partial charge < -0.3 is 4.74 Å². The van der Waals surface area contributed by atoms with Crippen molar-refractivity contribution in [2.75, 3.05) is 0 Å². The van der Waals surface area contributed by atoms with Gasteiger partial charge in [0.2, 0.25) is 5.88 Å². The molecule has 1 aromatic carbocycles. The largest absolute Gasteiger partial charge is 0.439 e. The van der Waals surface area contributed by atoms with Crippen LogP contribution in [0.15, 0.2) is 42.6 Å². The van der Waals surface area contributed by atoms with E-state index >= 15 is 0 Å². The molecule has 0 N–H and O–H groups in total. The Kier molecular flexibility index (Phi) is 3.33. The standard InChI is InChI=1S/C11H7N3O5/c15-13(16)9-5-4-8(7-10(9)14(17)18)19-11-3-1-2-6-12-11/h1-7H. The number of nitrogens with zero attached hydrogens (tertiary/aromatic N) is 3. The van der Waals surface area contributed by atoms with Crippen LogP contribution < -0.4 is 4.74 Å². The fourth-order valence-corrected chi connectivity index (χ4v) is 1.40. The number of nitro groups is 2. The molecule has 0 aliphatic rings. The molecule has 0 bridgehead atoms. The van der Waals surface area contributed by atoms with Crippen molar-refractivity contribution in [3.8, 4) is 11.6 Å². The van der Waals surface area contributed by atoms with E-state index in [9.17, 15) is 20.2 Å². The highest BCUT2D eigenvalue weighted by molar-refractivity contribution is 5.56. The minimum absolute atomic E-state index is 0.107. The Labute approximate surface area is 106 Å². The highest BCUT2D eigenvalue weighted by Gasteiger charge is 2.24. The average Bonchev–Trinajstić information content (AvgIpc) is 2.39. The van der Waals surface area contributed by atoms with Crippen molar-refractivity contribution in [1.82, 2.24) is 4.98 Å². The lowest BCUT2D eigenvalue weighted by Crippen LogP contribution is -1.97. The lowest BCUT2D eigenvalue weighted by atomic mass is 10.2. The van der Waals surface area contributed by atoms with Crippen molar-refractivity contribution >= 4 is 11.4 Å². The van der Waals surface area contributed by atoms with Crippen LogP contribution >= 0.6 is 0 Å². The van der Waals surface area contributed by atoms with Gasteiger partial charge >= 0.3 is 11.4 Å². The van der Waals surface area contributed by atoms with E-state index < -0.39 is 21.2 Å². The van der Waals surface area contributed by atoms with Gasteiger partial charge in [-0.3, -0.25) is 20.2 Å². The fourth-order valence-electron chi connectivity index (χ4n) is 1.40. The molecule has 0 atom stereocenters. The van der Waals surface area contributed by atoms with Gasteiger partial charge in [0.25, 0.3) is 0 Å². The maximum absolute atomic E-state index is 10.8. The second-order valence-corrected chi connectivity index (χ2v) is 3.43. The van der Waals surface area contributed by atoms with Gasteiger partial charge in [-0.1, -0.05) is 6.07 Å². The summed E-state index contributed by atoms with van der Waals surface area (Å²) in [6.07, 6.45) is 1.50. The van der Waals surface area contributed by atoms with Gasteiger partial charge in [0.05, 0.1) is 15.9 Å². The molecule has 0 fully saturated rings. The van der Waals surface area contributed by atoms with Crippen LogP contribution in [0.1, 0.15) is 0 Å². The summed E-state index contributed by atoms with van der Waals surface area (Å²) in [4.78, 5) is 23.6. The van der Waals surface area contributed by atoms with Gasteiger partial charge in [-0.05, 0) is 12.1 Å². The van der Waals surface area contributed by atoms with Gasteiger partial charge in [0.1, 0.15) is 5.75 Å². The van der Waals surface area contributed by atoms with E-state index in [1.165, 1.54) is 12.3 Å². The maximum atomic E-state index is 10.8. The molecule has 0 saturated heterocycles. The SMILES string of the molecule is O=[N+]([O-])c1ccc(Oc2ccccn2)cc1[N+](=O)[O-]. The topological polar surface area (TPSA) is 108 Å². The number of aromatic nitrogens is 1. The fraction of sp³-hybridized carbons (Fsp3) is 0. The summed E-state index contributed by atoms with van der Waals surface area (Å²) in [7, 11) is 0. The molecule has 1 aromatic heterocycles. The molecule has 1 heterocycles. The van der Waals surface area contributed by atoms with Crippen LogP contribution in [0.3, 0.4) is 0 Å². The summed E-state index contributed by atoms with van der Waals surface area (Å²) in [5.74, 6) is 0.349. The molecular formula is C11H7N3O5. The van der Waals surface area contributed by atoms with E-state index in [-0.39, 0.29) is 11.6 Å². The molecule has 8 nitrogen and oxygen atoms in total. The first kappa shape index (κ1) is 12.4. The number of pyridine rings is 1. The molecule has 0 aliphatic carbocycles. The summed E-state index contributed by atoms with van der Waals surface area (Å²) in [5.41, 5.74) is -1.21. The molecular weight excluding hydrogens is 254 g/mol. The first-order valence-corrected chi connectivity index (χ1v) is 5.09. The minimum atomic E-state index is -0.830. The normalized spacial score (nSPS) is 9.89. The van der Waals surface area contributed by atoms with Crippen LogP contribution in [-0.2, 0) is 0 Å². The van der Waals surface area contributed by atoms with E-state index in [1.54, 1.807) is 18.2 Å². The molecule has 0 amide bonds. The minimum Gasteiger partial charge on any atom is -0.439 e. The number of nitro benzene ring substituents is 2. The Bertz CT molecular complexity index is 629. The first-order chi connectivity index (χ1) is 9.08. The molecule has 96 valence electrons. The summed E-state index contributed by atoms with van der Waals surface area (Å²) < 4.78 is 5.27. The zero-order chi connectivity index (χ0) is 13.8. The lowest BCUT2D eigenvalue weighted by molar-refractivity contribution is -0.422. The molecule has 2 rings (SSSR count). The smallest absolute Gasteiger partial charge is 0.349 e. The third kappa shape index (κ3) is 2.80. The van der Waals surface area contributed by atoms with Crippen LogP contribution in [-0.4, -0.2) is 14.8 Å². The summed E-state index contributed by atoms with van der Waals surface area (Å²) >= 11 is 0. The van der Waals surface area contributed by atoms with Crippen LogP contribution in [0.4, 0.5) is 11.4 Å². The van der Waals surface area contributed by atoms with Crippen LogP contribution in [0.5, 0.6) is 11.6 Å². The average molecular weight is 261 g/mol. The third-order valence-electron chi connectivity index (χ3n) is 2.20. The molecule has 0 spiro atoms.